The van der Waals surface area contributed by atoms with E-state index in [0.29, 0.717) is 12.2 Å². The topological polar surface area (TPSA) is 108 Å². The van der Waals surface area contributed by atoms with Crippen molar-refractivity contribution in [3.8, 4) is 6.07 Å². The van der Waals surface area contributed by atoms with Crippen LogP contribution in [0.4, 0.5) is 11.4 Å². The van der Waals surface area contributed by atoms with Gasteiger partial charge in [-0.25, -0.2) is 0 Å². The number of hydrogen-bond acceptors (Lipinski definition) is 5. The van der Waals surface area contributed by atoms with Crippen molar-refractivity contribution in [2.75, 3.05) is 5.32 Å². The SMILES string of the molecule is Cc1n[nH]c(C)c1CNc1ccc(C#N)cc1[N+](=O)[O-]. The maximum Gasteiger partial charge on any atom is 0.293 e. The van der Waals surface area contributed by atoms with Crippen molar-refractivity contribution in [1.82, 2.24) is 10.2 Å². The van der Waals surface area contributed by atoms with Crippen LogP contribution in [-0.2, 0) is 6.54 Å². The Morgan fingerprint density at radius 2 is 2.25 bits per heavy atom. The molecule has 0 aliphatic rings. The quantitative estimate of drug-likeness (QED) is 0.655. The summed E-state index contributed by atoms with van der Waals surface area (Å²) in [5.74, 6) is 0. The van der Waals surface area contributed by atoms with Crippen molar-refractivity contribution < 1.29 is 4.92 Å². The fourth-order valence-electron chi connectivity index (χ4n) is 1.92. The summed E-state index contributed by atoms with van der Waals surface area (Å²) < 4.78 is 0. The molecule has 0 aliphatic heterocycles. The van der Waals surface area contributed by atoms with Gasteiger partial charge in [0.1, 0.15) is 5.69 Å². The van der Waals surface area contributed by atoms with Crippen molar-refractivity contribution in [3.05, 3.63) is 50.8 Å². The van der Waals surface area contributed by atoms with Crippen LogP contribution in [0.2, 0.25) is 0 Å². The summed E-state index contributed by atoms with van der Waals surface area (Å²) in [5, 5.41) is 29.8. The molecule has 2 rings (SSSR count). The van der Waals surface area contributed by atoms with Crippen LogP contribution in [0.5, 0.6) is 0 Å². The molecule has 0 amide bonds. The number of nitro benzene ring substituents is 1. The summed E-state index contributed by atoms with van der Waals surface area (Å²) >= 11 is 0. The average molecular weight is 271 g/mol. The second-order valence-corrected chi connectivity index (χ2v) is 4.37. The molecule has 1 aromatic carbocycles. The summed E-state index contributed by atoms with van der Waals surface area (Å²) in [7, 11) is 0. The van der Waals surface area contributed by atoms with Crippen LogP contribution in [-0.4, -0.2) is 15.1 Å². The molecule has 20 heavy (non-hydrogen) atoms. The predicted octanol–water partition coefficient (Wildman–Crippen LogP) is 2.42. The molecule has 0 spiro atoms. The van der Waals surface area contributed by atoms with E-state index >= 15 is 0 Å². The number of aromatic nitrogens is 2. The highest BCUT2D eigenvalue weighted by Crippen LogP contribution is 2.26. The van der Waals surface area contributed by atoms with Crippen molar-refractivity contribution in [2.24, 2.45) is 0 Å². The minimum absolute atomic E-state index is 0.108. The summed E-state index contributed by atoms with van der Waals surface area (Å²) in [6.07, 6.45) is 0. The number of aryl methyl sites for hydroxylation is 2. The van der Waals surface area contributed by atoms with E-state index in [1.165, 1.54) is 6.07 Å². The number of nitrogens with zero attached hydrogens (tertiary/aromatic N) is 3. The van der Waals surface area contributed by atoms with Gasteiger partial charge < -0.3 is 5.32 Å². The minimum Gasteiger partial charge on any atom is -0.375 e. The van der Waals surface area contributed by atoms with Crippen LogP contribution >= 0.6 is 0 Å². The van der Waals surface area contributed by atoms with Crippen LogP contribution < -0.4 is 5.32 Å². The zero-order valence-electron chi connectivity index (χ0n) is 11.1. The highest BCUT2D eigenvalue weighted by atomic mass is 16.6. The van der Waals surface area contributed by atoms with Crippen molar-refractivity contribution in [1.29, 1.82) is 5.26 Å². The maximum atomic E-state index is 11.0. The van der Waals surface area contributed by atoms with E-state index in [2.05, 4.69) is 15.5 Å². The Labute approximate surface area is 115 Å². The molecule has 0 fully saturated rings. The average Bonchev–Trinajstić information content (AvgIpc) is 2.75. The Bertz CT molecular complexity index is 680. The second-order valence-electron chi connectivity index (χ2n) is 4.37. The van der Waals surface area contributed by atoms with Crippen LogP contribution in [0.25, 0.3) is 0 Å². The third-order valence-electron chi connectivity index (χ3n) is 3.06. The molecule has 0 aliphatic carbocycles. The van der Waals surface area contributed by atoms with Crippen molar-refractivity contribution in [2.45, 2.75) is 20.4 Å². The fraction of sp³-hybridized carbons (Fsp3) is 0.231. The molecular formula is C13H13N5O2. The van der Waals surface area contributed by atoms with E-state index in [-0.39, 0.29) is 11.3 Å². The molecule has 0 atom stereocenters. The van der Waals surface area contributed by atoms with Gasteiger partial charge >= 0.3 is 0 Å². The Morgan fingerprint density at radius 1 is 1.50 bits per heavy atom. The number of rotatable bonds is 4. The van der Waals surface area contributed by atoms with Crippen LogP contribution in [0.1, 0.15) is 22.5 Å². The minimum atomic E-state index is -0.502. The van der Waals surface area contributed by atoms with Gasteiger partial charge in [0, 0.05) is 23.9 Å². The standard InChI is InChI=1S/C13H13N5O2/c1-8-11(9(2)17-16-8)7-15-12-4-3-10(6-14)5-13(12)18(19)20/h3-5,15H,7H2,1-2H3,(H,16,17). The fourth-order valence-corrected chi connectivity index (χ4v) is 1.92. The van der Waals surface area contributed by atoms with Gasteiger partial charge in [0.25, 0.3) is 5.69 Å². The number of nitrogens with one attached hydrogen (secondary N) is 2. The van der Waals surface area contributed by atoms with Crippen LogP contribution in [0, 0.1) is 35.3 Å². The zero-order valence-corrected chi connectivity index (χ0v) is 11.1. The van der Waals surface area contributed by atoms with Crippen LogP contribution in [0.3, 0.4) is 0 Å². The summed E-state index contributed by atoms with van der Waals surface area (Å²) in [6, 6.07) is 6.24. The molecule has 2 N–H and O–H groups in total. The second kappa shape index (κ2) is 5.40. The summed E-state index contributed by atoms with van der Waals surface area (Å²) in [5.41, 5.74) is 3.29. The molecule has 102 valence electrons. The first-order valence-electron chi connectivity index (χ1n) is 5.95. The van der Waals surface area contributed by atoms with E-state index < -0.39 is 4.92 Å². The van der Waals surface area contributed by atoms with Gasteiger partial charge in [-0.1, -0.05) is 0 Å². The number of H-pyrrole nitrogens is 1. The molecule has 7 heteroatoms. The van der Waals surface area contributed by atoms with E-state index in [1.807, 2.05) is 19.9 Å². The first kappa shape index (κ1) is 13.5. The van der Waals surface area contributed by atoms with Gasteiger partial charge in [-0.05, 0) is 26.0 Å². The molecule has 1 heterocycles. The molecule has 0 radical (unpaired) electrons. The highest BCUT2D eigenvalue weighted by Gasteiger charge is 2.15. The third kappa shape index (κ3) is 2.59. The van der Waals surface area contributed by atoms with E-state index in [4.69, 9.17) is 5.26 Å². The van der Waals surface area contributed by atoms with Crippen molar-refractivity contribution in [3.63, 3.8) is 0 Å². The normalized spacial score (nSPS) is 10.1. The van der Waals surface area contributed by atoms with E-state index in [9.17, 15) is 10.1 Å². The van der Waals surface area contributed by atoms with Gasteiger partial charge in [-0.15, -0.1) is 0 Å². The molecule has 0 bridgehead atoms. The Morgan fingerprint density at radius 3 is 2.80 bits per heavy atom. The lowest BCUT2D eigenvalue weighted by molar-refractivity contribution is -0.384. The Hall–Kier alpha value is -2.88. The van der Waals surface area contributed by atoms with Crippen LogP contribution in [0.15, 0.2) is 18.2 Å². The lowest BCUT2D eigenvalue weighted by Crippen LogP contribution is -2.04. The number of anilines is 1. The lowest BCUT2D eigenvalue weighted by atomic mass is 10.1. The first-order chi connectivity index (χ1) is 9.52. The van der Waals surface area contributed by atoms with E-state index in [0.717, 1.165) is 17.0 Å². The molecule has 2 aromatic rings. The molecule has 0 unspecified atom stereocenters. The van der Waals surface area contributed by atoms with Gasteiger partial charge in [-0.2, -0.15) is 10.4 Å². The number of benzene rings is 1. The largest absolute Gasteiger partial charge is 0.375 e. The highest BCUT2D eigenvalue weighted by molar-refractivity contribution is 5.64. The smallest absolute Gasteiger partial charge is 0.293 e. The first-order valence-corrected chi connectivity index (χ1v) is 5.95. The van der Waals surface area contributed by atoms with Gasteiger partial charge in [0.2, 0.25) is 0 Å². The van der Waals surface area contributed by atoms with Crippen molar-refractivity contribution >= 4 is 11.4 Å². The number of nitro groups is 1. The molecular weight excluding hydrogens is 258 g/mol. The molecule has 0 saturated heterocycles. The predicted molar refractivity (Wildman–Crippen MR) is 73.2 cm³/mol. The summed E-state index contributed by atoms with van der Waals surface area (Å²) in [4.78, 5) is 10.5. The molecule has 0 saturated carbocycles. The van der Waals surface area contributed by atoms with Gasteiger partial charge in [0.05, 0.1) is 22.2 Å². The summed E-state index contributed by atoms with van der Waals surface area (Å²) in [6.45, 7) is 4.19. The number of aromatic amines is 1. The Kier molecular flexibility index (Phi) is 3.66. The lowest BCUT2D eigenvalue weighted by Gasteiger charge is -2.07. The zero-order chi connectivity index (χ0) is 14.7. The molecule has 1 aromatic heterocycles. The third-order valence-corrected chi connectivity index (χ3v) is 3.06. The van der Waals surface area contributed by atoms with Gasteiger partial charge in [0.15, 0.2) is 0 Å². The Balaban J connectivity index is 2.26. The van der Waals surface area contributed by atoms with Gasteiger partial charge in [-0.3, -0.25) is 15.2 Å². The molecule has 7 nitrogen and oxygen atoms in total. The monoisotopic (exact) mass is 271 g/mol. The number of nitriles is 1. The maximum absolute atomic E-state index is 11.0. The van der Waals surface area contributed by atoms with E-state index in [1.54, 1.807) is 12.1 Å². The number of hydrogen-bond donors (Lipinski definition) is 2.